The third-order valence-electron chi connectivity index (χ3n) is 4.92. The minimum absolute atomic E-state index is 0.0800. The van der Waals surface area contributed by atoms with Crippen LogP contribution in [0.2, 0.25) is 0 Å². The quantitative estimate of drug-likeness (QED) is 0.737. The van der Waals surface area contributed by atoms with Gasteiger partial charge in [0, 0.05) is 51.0 Å². The van der Waals surface area contributed by atoms with E-state index in [1.165, 1.54) is 0 Å². The molecule has 0 aromatic carbocycles. The van der Waals surface area contributed by atoms with Crippen LogP contribution in [0.15, 0.2) is 16.8 Å². The molecule has 1 aliphatic heterocycles. The number of carbonyl (C=O) groups is 1. The van der Waals surface area contributed by atoms with Gasteiger partial charge in [-0.15, -0.1) is 0 Å². The van der Waals surface area contributed by atoms with Gasteiger partial charge in [-0.3, -0.25) is 14.4 Å². The summed E-state index contributed by atoms with van der Waals surface area (Å²) in [4.78, 5) is 16.9. The van der Waals surface area contributed by atoms with Gasteiger partial charge in [0.1, 0.15) is 0 Å². The van der Waals surface area contributed by atoms with Crippen molar-refractivity contribution in [2.75, 3.05) is 39.3 Å². The molecule has 3 heterocycles. The molecule has 1 aliphatic rings. The van der Waals surface area contributed by atoms with Crippen LogP contribution >= 0.6 is 0 Å². The van der Waals surface area contributed by atoms with Crippen LogP contribution in [0.25, 0.3) is 11.3 Å². The van der Waals surface area contributed by atoms with Crippen LogP contribution in [0.4, 0.5) is 0 Å². The number of hydrogen-bond acceptors (Lipinski definition) is 6. The molecule has 0 spiro atoms. The maximum Gasteiger partial charge on any atom is 0.276 e. The van der Waals surface area contributed by atoms with Gasteiger partial charge in [0.25, 0.3) is 5.91 Å². The summed E-state index contributed by atoms with van der Waals surface area (Å²) in [7, 11) is 0. The fraction of sp³-hybridized carbons (Fsp3) is 0.632. The number of amides is 1. The van der Waals surface area contributed by atoms with Crippen molar-refractivity contribution in [3.05, 3.63) is 23.7 Å². The Morgan fingerprint density at radius 1 is 1.30 bits per heavy atom. The highest BCUT2D eigenvalue weighted by molar-refractivity contribution is 5.93. The van der Waals surface area contributed by atoms with Crippen LogP contribution in [-0.2, 0) is 11.3 Å². The minimum atomic E-state index is -0.0800. The third-order valence-corrected chi connectivity index (χ3v) is 4.92. The van der Waals surface area contributed by atoms with E-state index < -0.39 is 0 Å². The van der Waals surface area contributed by atoms with Crippen molar-refractivity contribution in [1.82, 2.24) is 24.7 Å². The lowest BCUT2D eigenvalue weighted by atomic mass is 10.2. The lowest BCUT2D eigenvalue weighted by Crippen LogP contribution is -2.49. The van der Waals surface area contributed by atoms with Gasteiger partial charge < -0.3 is 14.2 Å². The molecule has 0 N–H and O–H groups in total. The minimum Gasteiger partial charge on any atom is -0.377 e. The summed E-state index contributed by atoms with van der Waals surface area (Å²) in [5.41, 5.74) is 2.23. The molecule has 3 rings (SSSR count). The molecule has 0 bridgehead atoms. The van der Waals surface area contributed by atoms with E-state index in [4.69, 9.17) is 9.26 Å². The highest BCUT2D eigenvalue weighted by Gasteiger charge is 2.25. The zero-order valence-electron chi connectivity index (χ0n) is 16.6. The van der Waals surface area contributed by atoms with Crippen LogP contribution in [0.3, 0.4) is 0 Å². The maximum absolute atomic E-state index is 12.7. The Labute approximate surface area is 160 Å². The van der Waals surface area contributed by atoms with Gasteiger partial charge in [0.15, 0.2) is 11.5 Å². The molecule has 1 saturated heterocycles. The number of aromatic nitrogens is 3. The third kappa shape index (κ3) is 4.56. The van der Waals surface area contributed by atoms with Crippen molar-refractivity contribution < 1.29 is 14.1 Å². The lowest BCUT2D eigenvalue weighted by molar-refractivity contribution is 0.0403. The molecular formula is C19H29N5O3. The predicted octanol–water partition coefficient (Wildman–Crippen LogP) is 2.05. The van der Waals surface area contributed by atoms with E-state index in [1.807, 2.05) is 37.3 Å². The number of ether oxygens (including phenoxy) is 1. The number of hydrogen-bond donors (Lipinski definition) is 0. The lowest BCUT2D eigenvalue weighted by Gasteiger charge is -2.34. The van der Waals surface area contributed by atoms with Crippen molar-refractivity contribution in [3.63, 3.8) is 0 Å². The Kier molecular flexibility index (Phi) is 6.28. The highest BCUT2D eigenvalue weighted by atomic mass is 16.5. The number of rotatable bonds is 7. The van der Waals surface area contributed by atoms with Crippen molar-refractivity contribution in [1.29, 1.82) is 0 Å². The first kappa shape index (κ1) is 19.6. The van der Waals surface area contributed by atoms with Crippen LogP contribution in [0, 0.1) is 6.92 Å². The summed E-state index contributed by atoms with van der Waals surface area (Å²) < 4.78 is 12.9. The van der Waals surface area contributed by atoms with E-state index >= 15 is 0 Å². The number of nitrogens with zero attached hydrogens (tertiary/aromatic N) is 5. The van der Waals surface area contributed by atoms with Crippen LogP contribution in [-0.4, -0.2) is 76.1 Å². The Bertz CT molecular complexity index is 759. The molecule has 0 radical (unpaired) electrons. The summed E-state index contributed by atoms with van der Waals surface area (Å²) in [5, 5.41) is 8.31. The average molecular weight is 375 g/mol. The van der Waals surface area contributed by atoms with Gasteiger partial charge in [-0.2, -0.15) is 5.10 Å². The van der Waals surface area contributed by atoms with E-state index in [0.29, 0.717) is 24.5 Å². The second kappa shape index (κ2) is 8.67. The first-order valence-corrected chi connectivity index (χ1v) is 9.62. The summed E-state index contributed by atoms with van der Waals surface area (Å²) in [6, 6.07) is 1.72. The molecule has 148 valence electrons. The Balaban J connectivity index is 1.56. The molecule has 8 nitrogen and oxygen atoms in total. The zero-order valence-corrected chi connectivity index (χ0v) is 16.6. The molecule has 0 saturated carbocycles. The highest BCUT2D eigenvalue weighted by Crippen LogP contribution is 2.24. The molecule has 2 aromatic heterocycles. The number of piperazine rings is 1. The molecule has 0 aliphatic carbocycles. The maximum atomic E-state index is 12.7. The molecule has 1 fully saturated rings. The fourth-order valence-electron chi connectivity index (χ4n) is 3.26. The van der Waals surface area contributed by atoms with Gasteiger partial charge in [0.05, 0.1) is 24.5 Å². The summed E-state index contributed by atoms with van der Waals surface area (Å²) in [6.07, 6.45) is 2.01. The first-order valence-electron chi connectivity index (χ1n) is 9.62. The van der Waals surface area contributed by atoms with Gasteiger partial charge in [-0.25, -0.2) is 0 Å². The van der Waals surface area contributed by atoms with Crippen molar-refractivity contribution in [2.45, 2.75) is 40.3 Å². The van der Waals surface area contributed by atoms with E-state index in [2.05, 4.69) is 15.2 Å². The van der Waals surface area contributed by atoms with E-state index in [9.17, 15) is 4.79 Å². The molecule has 0 atom stereocenters. The summed E-state index contributed by atoms with van der Waals surface area (Å²) in [5.74, 6) is 0.503. The van der Waals surface area contributed by atoms with Crippen LogP contribution in [0.5, 0.6) is 0 Å². The van der Waals surface area contributed by atoms with Crippen molar-refractivity contribution in [2.24, 2.45) is 0 Å². The molecule has 8 heteroatoms. The normalized spacial score (nSPS) is 15.7. The Morgan fingerprint density at radius 3 is 2.67 bits per heavy atom. The van der Waals surface area contributed by atoms with Crippen LogP contribution < -0.4 is 0 Å². The van der Waals surface area contributed by atoms with Gasteiger partial charge in [-0.05, 0) is 27.7 Å². The van der Waals surface area contributed by atoms with E-state index in [0.717, 1.165) is 44.0 Å². The van der Waals surface area contributed by atoms with Crippen molar-refractivity contribution in [3.8, 4) is 11.3 Å². The topological polar surface area (TPSA) is 76.6 Å². The predicted molar refractivity (Wildman–Crippen MR) is 102 cm³/mol. The number of carbonyl (C=O) groups excluding carboxylic acids is 1. The second-order valence-corrected chi connectivity index (χ2v) is 7.09. The Morgan fingerprint density at radius 2 is 2.04 bits per heavy atom. The second-order valence-electron chi connectivity index (χ2n) is 7.09. The smallest absolute Gasteiger partial charge is 0.276 e. The Hall–Kier alpha value is -2.19. The zero-order chi connectivity index (χ0) is 19.4. The van der Waals surface area contributed by atoms with E-state index in [-0.39, 0.29) is 12.0 Å². The molecule has 0 unspecified atom stereocenters. The SMILES string of the molecule is CCn1ncc(-c2cc(C(=O)N3CCN(CCOC(C)C)CC3)no2)c1C. The molecular weight excluding hydrogens is 346 g/mol. The number of aryl methyl sites for hydroxylation is 1. The first-order chi connectivity index (χ1) is 13.0. The molecule has 27 heavy (non-hydrogen) atoms. The molecule has 1 amide bonds. The standard InChI is InChI=1S/C19H29N5O3/c1-5-24-15(4)16(13-20-24)18-12-17(21-27-18)19(25)23-8-6-22(7-9-23)10-11-26-14(2)3/h12-14H,5-11H2,1-4H3. The van der Waals surface area contributed by atoms with Crippen LogP contribution in [0.1, 0.15) is 37.0 Å². The summed E-state index contributed by atoms with van der Waals surface area (Å²) >= 11 is 0. The van der Waals surface area contributed by atoms with Gasteiger partial charge in [-0.1, -0.05) is 5.16 Å². The monoisotopic (exact) mass is 375 g/mol. The van der Waals surface area contributed by atoms with E-state index in [1.54, 1.807) is 12.3 Å². The van der Waals surface area contributed by atoms with Crippen molar-refractivity contribution >= 4 is 5.91 Å². The van der Waals surface area contributed by atoms with Gasteiger partial charge >= 0.3 is 0 Å². The summed E-state index contributed by atoms with van der Waals surface area (Å²) in [6.45, 7) is 13.6. The fourth-order valence-corrected chi connectivity index (χ4v) is 3.26. The van der Waals surface area contributed by atoms with Gasteiger partial charge in [0.2, 0.25) is 0 Å². The largest absolute Gasteiger partial charge is 0.377 e. The average Bonchev–Trinajstić information content (AvgIpc) is 3.28. The molecule has 2 aromatic rings.